The summed E-state index contributed by atoms with van der Waals surface area (Å²) in [5, 5.41) is 6.69. The van der Waals surface area contributed by atoms with E-state index in [1.807, 2.05) is 24.4 Å². The van der Waals surface area contributed by atoms with Gasteiger partial charge in [0.15, 0.2) is 5.96 Å². The summed E-state index contributed by atoms with van der Waals surface area (Å²) in [6.45, 7) is 3.84. The molecule has 2 aromatic rings. The first-order valence-corrected chi connectivity index (χ1v) is 9.99. The van der Waals surface area contributed by atoms with Crippen molar-refractivity contribution < 1.29 is 9.47 Å². The Hall–Kier alpha value is -2.44. The molecule has 6 nitrogen and oxygen atoms in total. The summed E-state index contributed by atoms with van der Waals surface area (Å²) >= 11 is 0. The van der Waals surface area contributed by atoms with E-state index in [1.54, 1.807) is 7.05 Å². The van der Waals surface area contributed by atoms with Crippen LogP contribution in [0.25, 0.3) is 11.3 Å². The van der Waals surface area contributed by atoms with E-state index in [0.717, 1.165) is 56.2 Å². The number of nitrogens with zero attached hydrogens (tertiary/aromatic N) is 2. The number of aromatic nitrogens is 1. The predicted octanol–water partition coefficient (Wildman–Crippen LogP) is 3.00. The molecule has 1 saturated heterocycles. The molecule has 0 radical (unpaired) electrons. The minimum Gasteiger partial charge on any atom is -0.379 e. The number of aliphatic imine (C=N–C) groups is 1. The standard InChI is InChI=1S/C22H30N4O2/c1-23-22(25-12-6-13-27-17-20-9-5-14-28-20)26-16-18-7-4-8-19(15-18)21-10-2-3-11-24-21/h2-4,7-8,10-11,15,20H,5-6,9,12-14,16-17H2,1H3,(H2,23,25,26). The van der Waals surface area contributed by atoms with Crippen molar-refractivity contribution in [3.63, 3.8) is 0 Å². The molecule has 1 fully saturated rings. The van der Waals surface area contributed by atoms with Crippen LogP contribution < -0.4 is 10.6 Å². The zero-order valence-corrected chi connectivity index (χ0v) is 16.6. The first kappa shape index (κ1) is 20.3. The fraction of sp³-hybridized carbons (Fsp3) is 0.455. The lowest BCUT2D eigenvalue weighted by molar-refractivity contribution is 0.0168. The molecule has 0 aliphatic carbocycles. The van der Waals surface area contributed by atoms with Gasteiger partial charge in [-0.1, -0.05) is 24.3 Å². The van der Waals surface area contributed by atoms with Gasteiger partial charge in [0.2, 0.25) is 0 Å². The van der Waals surface area contributed by atoms with Crippen LogP contribution in [0.1, 0.15) is 24.8 Å². The van der Waals surface area contributed by atoms with Crippen molar-refractivity contribution in [1.82, 2.24) is 15.6 Å². The van der Waals surface area contributed by atoms with Crippen LogP contribution in [0.2, 0.25) is 0 Å². The summed E-state index contributed by atoms with van der Waals surface area (Å²) in [6.07, 6.45) is 5.32. The van der Waals surface area contributed by atoms with Crippen molar-refractivity contribution in [3.05, 3.63) is 54.2 Å². The van der Waals surface area contributed by atoms with Gasteiger partial charge in [-0.2, -0.15) is 0 Å². The quantitative estimate of drug-likeness (QED) is 0.396. The largest absolute Gasteiger partial charge is 0.379 e. The molecule has 150 valence electrons. The molecule has 2 N–H and O–H groups in total. The van der Waals surface area contributed by atoms with Crippen molar-refractivity contribution in [2.45, 2.75) is 31.9 Å². The van der Waals surface area contributed by atoms with E-state index in [4.69, 9.17) is 9.47 Å². The van der Waals surface area contributed by atoms with E-state index in [2.05, 4.69) is 44.9 Å². The van der Waals surface area contributed by atoms with Gasteiger partial charge in [-0.25, -0.2) is 0 Å². The molecular weight excluding hydrogens is 352 g/mol. The first-order chi connectivity index (χ1) is 13.8. The molecule has 3 rings (SSSR count). The Kier molecular flexibility index (Phi) is 8.27. The lowest BCUT2D eigenvalue weighted by atomic mass is 10.1. The highest BCUT2D eigenvalue weighted by Gasteiger charge is 2.14. The second kappa shape index (κ2) is 11.4. The second-order valence-electron chi connectivity index (χ2n) is 6.83. The number of hydrogen-bond acceptors (Lipinski definition) is 4. The summed E-state index contributed by atoms with van der Waals surface area (Å²) in [5.74, 6) is 0.794. The molecule has 1 unspecified atom stereocenters. The molecule has 0 saturated carbocycles. The van der Waals surface area contributed by atoms with Crippen LogP contribution in [0, 0.1) is 0 Å². The number of benzene rings is 1. The Labute approximate surface area is 167 Å². The molecular formula is C22H30N4O2. The molecule has 2 heterocycles. The SMILES string of the molecule is CN=C(NCCCOCC1CCCO1)NCc1cccc(-c2ccccn2)c1. The molecule has 6 heteroatoms. The molecule has 0 amide bonds. The van der Waals surface area contributed by atoms with Gasteiger partial charge < -0.3 is 20.1 Å². The predicted molar refractivity (Wildman–Crippen MR) is 112 cm³/mol. The van der Waals surface area contributed by atoms with Crippen molar-refractivity contribution in [1.29, 1.82) is 0 Å². The third kappa shape index (κ3) is 6.62. The Morgan fingerprint density at radius 3 is 3.00 bits per heavy atom. The monoisotopic (exact) mass is 382 g/mol. The van der Waals surface area contributed by atoms with E-state index in [9.17, 15) is 0 Å². The van der Waals surface area contributed by atoms with Crippen LogP contribution in [-0.4, -0.2) is 50.5 Å². The number of ether oxygens (including phenoxy) is 2. The number of rotatable bonds is 9. The van der Waals surface area contributed by atoms with Gasteiger partial charge >= 0.3 is 0 Å². The van der Waals surface area contributed by atoms with Crippen molar-refractivity contribution >= 4 is 5.96 Å². The Morgan fingerprint density at radius 1 is 1.25 bits per heavy atom. The third-order valence-corrected chi connectivity index (χ3v) is 4.66. The number of pyridine rings is 1. The average molecular weight is 383 g/mol. The Balaban J connectivity index is 1.36. The minimum atomic E-state index is 0.296. The number of nitrogens with one attached hydrogen (secondary N) is 2. The lowest BCUT2D eigenvalue weighted by Crippen LogP contribution is -2.37. The van der Waals surface area contributed by atoms with E-state index in [-0.39, 0.29) is 0 Å². The van der Waals surface area contributed by atoms with Gasteiger partial charge in [-0.15, -0.1) is 0 Å². The summed E-state index contributed by atoms with van der Waals surface area (Å²) in [4.78, 5) is 8.70. The fourth-order valence-corrected chi connectivity index (χ4v) is 3.15. The molecule has 1 aliphatic rings. The number of guanidine groups is 1. The van der Waals surface area contributed by atoms with Crippen molar-refractivity contribution in [3.8, 4) is 11.3 Å². The number of hydrogen-bond donors (Lipinski definition) is 2. The minimum absolute atomic E-state index is 0.296. The Bertz CT molecular complexity index is 730. The van der Waals surface area contributed by atoms with Gasteiger partial charge in [-0.05, 0) is 43.0 Å². The maximum atomic E-state index is 5.69. The highest BCUT2D eigenvalue weighted by atomic mass is 16.5. The zero-order chi connectivity index (χ0) is 19.4. The molecule has 1 atom stereocenters. The lowest BCUT2D eigenvalue weighted by Gasteiger charge is -2.13. The molecule has 1 aromatic carbocycles. The molecule has 0 bridgehead atoms. The van der Waals surface area contributed by atoms with Gasteiger partial charge in [-0.3, -0.25) is 9.98 Å². The van der Waals surface area contributed by atoms with Crippen molar-refractivity contribution in [2.75, 3.05) is 33.4 Å². The topological polar surface area (TPSA) is 67.8 Å². The van der Waals surface area contributed by atoms with Crippen LogP contribution in [-0.2, 0) is 16.0 Å². The van der Waals surface area contributed by atoms with Gasteiger partial charge in [0.1, 0.15) is 0 Å². The van der Waals surface area contributed by atoms with Crippen LogP contribution >= 0.6 is 0 Å². The van der Waals surface area contributed by atoms with Crippen LogP contribution in [0.5, 0.6) is 0 Å². The van der Waals surface area contributed by atoms with Crippen LogP contribution in [0.4, 0.5) is 0 Å². The first-order valence-electron chi connectivity index (χ1n) is 9.99. The van der Waals surface area contributed by atoms with E-state index >= 15 is 0 Å². The highest BCUT2D eigenvalue weighted by Crippen LogP contribution is 2.17. The fourth-order valence-electron chi connectivity index (χ4n) is 3.15. The maximum Gasteiger partial charge on any atom is 0.191 e. The van der Waals surface area contributed by atoms with E-state index < -0.39 is 0 Å². The summed E-state index contributed by atoms with van der Waals surface area (Å²) in [6, 6.07) is 14.3. The van der Waals surface area contributed by atoms with E-state index in [0.29, 0.717) is 19.3 Å². The van der Waals surface area contributed by atoms with Crippen molar-refractivity contribution in [2.24, 2.45) is 4.99 Å². The molecule has 1 aliphatic heterocycles. The maximum absolute atomic E-state index is 5.69. The highest BCUT2D eigenvalue weighted by molar-refractivity contribution is 5.79. The summed E-state index contributed by atoms with van der Waals surface area (Å²) in [5.41, 5.74) is 3.28. The Morgan fingerprint density at radius 2 is 2.21 bits per heavy atom. The molecule has 0 spiro atoms. The summed E-state index contributed by atoms with van der Waals surface area (Å²) in [7, 11) is 1.79. The molecule has 1 aromatic heterocycles. The average Bonchev–Trinajstić information content (AvgIpc) is 3.27. The third-order valence-electron chi connectivity index (χ3n) is 4.66. The van der Waals surface area contributed by atoms with E-state index in [1.165, 1.54) is 5.56 Å². The zero-order valence-electron chi connectivity index (χ0n) is 16.6. The van der Waals surface area contributed by atoms with Gasteiger partial charge in [0, 0.05) is 45.1 Å². The molecule has 28 heavy (non-hydrogen) atoms. The van der Waals surface area contributed by atoms with Crippen LogP contribution in [0.15, 0.2) is 53.7 Å². The van der Waals surface area contributed by atoms with Gasteiger partial charge in [0.25, 0.3) is 0 Å². The smallest absolute Gasteiger partial charge is 0.191 e. The summed E-state index contributed by atoms with van der Waals surface area (Å²) < 4.78 is 11.2. The van der Waals surface area contributed by atoms with Crippen LogP contribution in [0.3, 0.4) is 0 Å². The van der Waals surface area contributed by atoms with Gasteiger partial charge in [0.05, 0.1) is 18.4 Å². The normalized spacial score (nSPS) is 16.9. The second-order valence-corrected chi connectivity index (χ2v) is 6.83.